The highest BCUT2D eigenvalue weighted by Gasteiger charge is 2.40. The number of aliphatic carboxylic acids is 1. The maximum absolute atomic E-state index is 13.6. The summed E-state index contributed by atoms with van der Waals surface area (Å²) in [4.78, 5) is 30.1. The average Bonchev–Trinajstić information content (AvgIpc) is 3.43. The summed E-state index contributed by atoms with van der Waals surface area (Å²) in [7, 11) is 0. The highest BCUT2D eigenvalue weighted by molar-refractivity contribution is 5.85. The summed E-state index contributed by atoms with van der Waals surface area (Å²) in [5.41, 5.74) is 7.08. The van der Waals surface area contributed by atoms with Crippen LogP contribution in [0, 0.1) is 20.8 Å². The average molecular weight is 507 g/mol. The number of fused-ring (bicyclic) bond motifs is 3. The molecule has 2 aromatic rings. The van der Waals surface area contributed by atoms with Crippen LogP contribution in [0.25, 0.3) is 11.1 Å². The van der Waals surface area contributed by atoms with Crippen LogP contribution in [0.1, 0.15) is 73.1 Å². The van der Waals surface area contributed by atoms with Gasteiger partial charge < -0.3 is 24.4 Å². The van der Waals surface area contributed by atoms with Crippen molar-refractivity contribution in [3.8, 4) is 11.1 Å². The lowest BCUT2D eigenvalue weighted by atomic mass is 9.83. The zero-order chi connectivity index (χ0) is 26.6. The maximum atomic E-state index is 13.6. The van der Waals surface area contributed by atoms with Gasteiger partial charge in [0, 0.05) is 31.7 Å². The second kappa shape index (κ2) is 9.44. The van der Waals surface area contributed by atoms with E-state index in [1.165, 1.54) is 0 Å². The summed E-state index contributed by atoms with van der Waals surface area (Å²) in [6, 6.07) is 8.22. The topological polar surface area (TPSA) is 79.3 Å². The fraction of sp³-hybridized carbons (Fsp3) is 0.533. The number of rotatable bonds is 4. The first-order chi connectivity index (χ1) is 17.4. The minimum Gasteiger partial charge on any atom is -0.479 e. The molecular weight excluding hydrogens is 468 g/mol. The van der Waals surface area contributed by atoms with E-state index in [0.717, 1.165) is 51.8 Å². The summed E-state index contributed by atoms with van der Waals surface area (Å²) in [5.74, 6) is -1.01. The van der Waals surface area contributed by atoms with Gasteiger partial charge in [0.25, 0.3) is 0 Å². The van der Waals surface area contributed by atoms with Crippen LogP contribution in [0.5, 0.6) is 0 Å². The Hall–Kier alpha value is -2.90. The first-order valence-electron chi connectivity index (χ1n) is 13.2. The van der Waals surface area contributed by atoms with Crippen LogP contribution in [0.4, 0.5) is 4.79 Å². The molecule has 5 rings (SSSR count). The summed E-state index contributed by atoms with van der Waals surface area (Å²) in [6.07, 6.45) is 1.18. The number of likely N-dealkylation sites (tertiary alicyclic amines) is 1. The molecule has 37 heavy (non-hydrogen) atoms. The van der Waals surface area contributed by atoms with Gasteiger partial charge in [-0.1, -0.05) is 29.8 Å². The van der Waals surface area contributed by atoms with Crippen LogP contribution in [0.3, 0.4) is 0 Å². The molecule has 0 radical (unpaired) electrons. The monoisotopic (exact) mass is 506 g/mol. The minimum atomic E-state index is -1.13. The molecular formula is C30H38N2O5. The van der Waals surface area contributed by atoms with Gasteiger partial charge in [-0.05, 0) is 87.8 Å². The lowest BCUT2D eigenvalue weighted by Gasteiger charge is -2.34. The fourth-order valence-corrected chi connectivity index (χ4v) is 6.13. The molecule has 2 saturated heterocycles. The SMILES string of the molecule is Cc1ccc(-c2c(C)c3c(c(C)c2[C@H](OC(C)(C)C)C(=O)O)CN(C(=O)N2CC4CCC(C2)O4)C3)cc1. The van der Waals surface area contributed by atoms with Crippen LogP contribution < -0.4 is 0 Å². The van der Waals surface area contributed by atoms with Crippen molar-refractivity contribution in [2.75, 3.05) is 13.1 Å². The van der Waals surface area contributed by atoms with Crippen molar-refractivity contribution in [2.24, 2.45) is 0 Å². The Balaban J connectivity index is 1.58. The van der Waals surface area contributed by atoms with Gasteiger partial charge in [0.15, 0.2) is 6.10 Å². The molecule has 3 aliphatic heterocycles. The van der Waals surface area contributed by atoms with E-state index in [9.17, 15) is 14.7 Å². The summed E-state index contributed by atoms with van der Waals surface area (Å²) < 4.78 is 12.1. The van der Waals surface area contributed by atoms with E-state index in [0.29, 0.717) is 31.7 Å². The van der Waals surface area contributed by atoms with Gasteiger partial charge in [0.05, 0.1) is 17.8 Å². The van der Waals surface area contributed by atoms with E-state index in [-0.39, 0.29) is 18.2 Å². The van der Waals surface area contributed by atoms with Crippen molar-refractivity contribution in [1.29, 1.82) is 0 Å². The molecule has 1 N–H and O–H groups in total. The number of carbonyl (C=O) groups is 2. The number of carboxylic acid groups (broad SMARTS) is 1. The number of carbonyl (C=O) groups excluding carboxylic acids is 1. The molecule has 2 unspecified atom stereocenters. The normalized spacial score (nSPS) is 21.8. The Morgan fingerprint density at radius 2 is 1.51 bits per heavy atom. The van der Waals surface area contributed by atoms with E-state index < -0.39 is 17.7 Å². The second-order valence-corrected chi connectivity index (χ2v) is 11.8. The first-order valence-corrected chi connectivity index (χ1v) is 13.2. The molecule has 0 aromatic heterocycles. The van der Waals surface area contributed by atoms with Crippen molar-refractivity contribution >= 4 is 12.0 Å². The van der Waals surface area contributed by atoms with Gasteiger partial charge in [-0.25, -0.2) is 9.59 Å². The van der Waals surface area contributed by atoms with E-state index >= 15 is 0 Å². The van der Waals surface area contributed by atoms with Gasteiger partial charge in [-0.2, -0.15) is 0 Å². The van der Waals surface area contributed by atoms with Crippen molar-refractivity contribution in [1.82, 2.24) is 9.80 Å². The summed E-state index contributed by atoms with van der Waals surface area (Å²) in [6.45, 7) is 14.0. The molecule has 2 aromatic carbocycles. The molecule has 7 heteroatoms. The summed E-state index contributed by atoms with van der Waals surface area (Å²) >= 11 is 0. The number of amides is 2. The van der Waals surface area contributed by atoms with Gasteiger partial charge in [0.1, 0.15) is 0 Å². The third-order valence-corrected chi connectivity index (χ3v) is 7.90. The second-order valence-electron chi connectivity index (χ2n) is 11.8. The van der Waals surface area contributed by atoms with Gasteiger partial charge >= 0.3 is 12.0 Å². The van der Waals surface area contributed by atoms with Gasteiger partial charge in [-0.15, -0.1) is 0 Å². The Morgan fingerprint density at radius 3 is 2.05 bits per heavy atom. The van der Waals surface area contributed by atoms with Crippen LogP contribution in [0.15, 0.2) is 24.3 Å². The van der Waals surface area contributed by atoms with Gasteiger partial charge in [-0.3, -0.25) is 0 Å². The lowest BCUT2D eigenvalue weighted by molar-refractivity contribution is -0.160. The number of nitrogens with zero attached hydrogens (tertiary/aromatic N) is 2. The zero-order valence-corrected chi connectivity index (χ0v) is 22.8. The van der Waals surface area contributed by atoms with E-state index in [4.69, 9.17) is 9.47 Å². The number of benzene rings is 2. The highest BCUT2D eigenvalue weighted by Crippen LogP contribution is 2.44. The molecule has 0 saturated carbocycles. The van der Waals surface area contributed by atoms with Crippen molar-refractivity contribution in [3.05, 3.63) is 57.6 Å². The van der Waals surface area contributed by atoms with Crippen LogP contribution >= 0.6 is 0 Å². The predicted molar refractivity (Wildman–Crippen MR) is 141 cm³/mol. The molecule has 198 valence electrons. The third kappa shape index (κ3) is 4.87. The number of carboxylic acids is 1. The molecule has 3 atom stereocenters. The minimum absolute atomic E-state index is 0.0364. The number of hydrogen-bond acceptors (Lipinski definition) is 4. The maximum Gasteiger partial charge on any atom is 0.337 e. The Labute approximate surface area is 219 Å². The zero-order valence-electron chi connectivity index (χ0n) is 22.8. The quantitative estimate of drug-likeness (QED) is 0.591. The molecule has 2 bridgehead atoms. The smallest absolute Gasteiger partial charge is 0.337 e. The lowest BCUT2D eigenvalue weighted by Crippen LogP contribution is -2.50. The number of hydrogen-bond donors (Lipinski definition) is 1. The standard InChI is InChI=1S/C30H38N2O5/c1-17-7-9-20(10-8-17)25-18(2)23-15-32(29(35)31-13-21-11-12-22(14-31)36-21)16-24(23)19(3)26(25)27(28(33)34)37-30(4,5)6/h7-10,21-22,27H,11-16H2,1-6H3,(H,33,34)/t21?,22?,27-/m0/s1. The number of urea groups is 1. The predicted octanol–water partition coefficient (Wildman–Crippen LogP) is 5.52. The Morgan fingerprint density at radius 1 is 0.946 bits per heavy atom. The summed E-state index contributed by atoms with van der Waals surface area (Å²) in [5, 5.41) is 10.3. The number of aryl methyl sites for hydroxylation is 1. The first kappa shape index (κ1) is 25.7. The van der Waals surface area contributed by atoms with E-state index in [2.05, 4.69) is 6.92 Å². The molecule has 7 nitrogen and oxygen atoms in total. The fourth-order valence-electron chi connectivity index (χ4n) is 6.13. The van der Waals surface area contributed by atoms with E-state index in [1.807, 2.05) is 68.7 Å². The number of ether oxygens (including phenoxy) is 2. The molecule has 0 aliphatic carbocycles. The third-order valence-electron chi connectivity index (χ3n) is 7.90. The van der Waals surface area contributed by atoms with E-state index in [1.54, 1.807) is 0 Å². The largest absolute Gasteiger partial charge is 0.479 e. The molecule has 0 spiro atoms. The Kier molecular flexibility index (Phi) is 6.57. The number of morpholine rings is 1. The highest BCUT2D eigenvalue weighted by atomic mass is 16.5. The molecule has 3 heterocycles. The van der Waals surface area contributed by atoms with Crippen molar-refractivity contribution < 1.29 is 24.2 Å². The molecule has 2 fully saturated rings. The Bertz CT molecular complexity index is 1220. The van der Waals surface area contributed by atoms with Crippen molar-refractivity contribution in [2.45, 2.75) is 91.4 Å². The van der Waals surface area contributed by atoms with Crippen LogP contribution in [0.2, 0.25) is 0 Å². The van der Waals surface area contributed by atoms with Gasteiger partial charge in [0.2, 0.25) is 0 Å². The van der Waals surface area contributed by atoms with Crippen molar-refractivity contribution in [3.63, 3.8) is 0 Å². The molecule has 3 aliphatic rings. The van der Waals surface area contributed by atoms with Crippen LogP contribution in [-0.2, 0) is 27.4 Å². The molecule has 2 amide bonds. The van der Waals surface area contributed by atoms with Crippen LogP contribution in [-0.4, -0.2) is 57.8 Å².